The highest BCUT2D eigenvalue weighted by Crippen LogP contribution is 2.41. The summed E-state index contributed by atoms with van der Waals surface area (Å²) in [6.07, 6.45) is 0.574. The summed E-state index contributed by atoms with van der Waals surface area (Å²) < 4.78 is 4.97. The summed E-state index contributed by atoms with van der Waals surface area (Å²) in [6.45, 7) is 5.97. The first-order valence-corrected chi connectivity index (χ1v) is 6.92. The van der Waals surface area contributed by atoms with Crippen LogP contribution in [0, 0.1) is 0 Å². The van der Waals surface area contributed by atoms with Crippen LogP contribution in [0.2, 0.25) is 0 Å². The van der Waals surface area contributed by atoms with Gasteiger partial charge in [0.1, 0.15) is 11.3 Å². The first-order chi connectivity index (χ1) is 10.0. The minimum absolute atomic E-state index is 0.0554. The monoisotopic (exact) mass is 286 g/mol. The highest BCUT2D eigenvalue weighted by molar-refractivity contribution is 6.09. The van der Waals surface area contributed by atoms with E-state index in [1.807, 2.05) is 32.0 Å². The second-order valence-corrected chi connectivity index (χ2v) is 5.13. The molecule has 2 rings (SSSR count). The summed E-state index contributed by atoms with van der Waals surface area (Å²) in [4.78, 5) is 23.3. The molecule has 0 saturated heterocycles. The Kier molecular flexibility index (Phi) is 4.26. The molecule has 0 bridgehead atoms. The number of ether oxygens (including phenoxy) is 1. The van der Waals surface area contributed by atoms with Crippen LogP contribution in [0.3, 0.4) is 0 Å². The van der Waals surface area contributed by atoms with E-state index in [4.69, 9.17) is 4.74 Å². The number of rotatable bonds is 4. The highest BCUT2D eigenvalue weighted by Gasteiger charge is 2.27. The summed E-state index contributed by atoms with van der Waals surface area (Å²) in [6, 6.07) is 7.31. The molecule has 0 radical (unpaired) electrons. The van der Waals surface area contributed by atoms with Gasteiger partial charge in [0.25, 0.3) is 0 Å². The van der Waals surface area contributed by atoms with Gasteiger partial charge in [-0.05, 0) is 24.0 Å². The van der Waals surface area contributed by atoms with Crippen LogP contribution in [0.15, 0.2) is 24.3 Å². The zero-order valence-electron chi connectivity index (χ0n) is 12.3. The van der Waals surface area contributed by atoms with Crippen LogP contribution in [0.4, 0.5) is 0 Å². The van der Waals surface area contributed by atoms with Crippen molar-refractivity contribution in [1.29, 1.82) is 0 Å². The van der Waals surface area contributed by atoms with Crippen molar-refractivity contribution >= 4 is 12.3 Å². The third kappa shape index (κ3) is 2.61. The predicted octanol–water partition coefficient (Wildman–Crippen LogP) is 3.61. The second-order valence-electron chi connectivity index (χ2n) is 5.13. The molecule has 110 valence electrons. The van der Waals surface area contributed by atoms with Gasteiger partial charge < -0.3 is 9.84 Å². The first kappa shape index (κ1) is 15.0. The van der Waals surface area contributed by atoms with Gasteiger partial charge in [0.2, 0.25) is 0 Å². The van der Waals surface area contributed by atoms with Gasteiger partial charge in [-0.15, -0.1) is 0 Å². The van der Waals surface area contributed by atoms with Crippen molar-refractivity contribution in [2.45, 2.75) is 26.7 Å². The minimum Gasteiger partial charge on any atom is -0.506 e. The molecule has 0 saturated carbocycles. The van der Waals surface area contributed by atoms with Gasteiger partial charge in [-0.3, -0.25) is 4.79 Å². The second kappa shape index (κ2) is 5.95. The molecule has 0 aliphatic heterocycles. The van der Waals surface area contributed by atoms with Gasteiger partial charge in [-0.2, -0.15) is 0 Å². The van der Waals surface area contributed by atoms with Crippen LogP contribution in [0.25, 0.3) is 11.1 Å². The van der Waals surface area contributed by atoms with Crippen molar-refractivity contribution in [1.82, 2.24) is 0 Å². The van der Waals surface area contributed by atoms with Crippen LogP contribution >= 0.6 is 0 Å². The predicted molar refractivity (Wildman–Crippen MR) is 80.2 cm³/mol. The molecule has 2 aliphatic carbocycles. The van der Waals surface area contributed by atoms with Gasteiger partial charge in [0, 0.05) is 5.56 Å². The van der Waals surface area contributed by atoms with E-state index in [1.54, 1.807) is 13.0 Å². The average Bonchev–Trinajstić information content (AvgIpc) is 2.58. The zero-order chi connectivity index (χ0) is 15.6. The average molecular weight is 286 g/mol. The van der Waals surface area contributed by atoms with Gasteiger partial charge in [-0.1, -0.05) is 38.1 Å². The summed E-state index contributed by atoms with van der Waals surface area (Å²) in [7, 11) is 0. The number of aromatic hydroxyl groups is 1. The molecule has 0 aromatic carbocycles. The molecule has 0 aromatic heterocycles. The van der Waals surface area contributed by atoms with Crippen LogP contribution < -0.4 is 0 Å². The standard InChI is InChI=1S/C17H18O4/c1-4-21-17(20)15-12-7-5-6-11(10(2)3)8-13(12)14(9-18)16(15)19/h5-10,19H,4H2,1-3H3. The van der Waals surface area contributed by atoms with Gasteiger partial charge >= 0.3 is 5.97 Å². The van der Waals surface area contributed by atoms with E-state index in [9.17, 15) is 14.7 Å². The van der Waals surface area contributed by atoms with E-state index in [0.717, 1.165) is 5.56 Å². The molecule has 21 heavy (non-hydrogen) atoms. The molecular weight excluding hydrogens is 268 g/mol. The zero-order valence-corrected chi connectivity index (χ0v) is 12.3. The molecule has 0 spiro atoms. The molecule has 0 atom stereocenters. The van der Waals surface area contributed by atoms with E-state index in [-0.39, 0.29) is 29.4 Å². The Morgan fingerprint density at radius 2 is 2.05 bits per heavy atom. The molecular formula is C17H18O4. The fourth-order valence-electron chi connectivity index (χ4n) is 2.36. The Hall–Kier alpha value is -2.36. The van der Waals surface area contributed by atoms with Crippen LogP contribution in [-0.2, 0) is 4.74 Å². The number of aldehydes is 1. The van der Waals surface area contributed by atoms with Crippen molar-refractivity contribution in [2.24, 2.45) is 0 Å². The van der Waals surface area contributed by atoms with Gasteiger partial charge in [0.15, 0.2) is 6.29 Å². The summed E-state index contributed by atoms with van der Waals surface area (Å²) in [5.41, 5.74) is 2.30. The van der Waals surface area contributed by atoms with E-state index in [2.05, 4.69) is 0 Å². The van der Waals surface area contributed by atoms with E-state index in [0.29, 0.717) is 17.4 Å². The Balaban J connectivity index is 2.74. The van der Waals surface area contributed by atoms with Crippen molar-refractivity contribution in [3.8, 4) is 16.9 Å². The third-order valence-electron chi connectivity index (χ3n) is 3.47. The topological polar surface area (TPSA) is 63.6 Å². The smallest absolute Gasteiger partial charge is 0.342 e. The number of carbonyl (C=O) groups is 2. The van der Waals surface area contributed by atoms with E-state index in [1.165, 1.54) is 0 Å². The largest absolute Gasteiger partial charge is 0.506 e. The maximum Gasteiger partial charge on any atom is 0.342 e. The SMILES string of the molecule is CCOC(=O)c1c2cccc(C(C)C)cc-2c(C=O)c1O. The van der Waals surface area contributed by atoms with Crippen molar-refractivity contribution in [3.05, 3.63) is 41.0 Å². The molecule has 4 heteroatoms. The molecule has 0 amide bonds. The summed E-state index contributed by atoms with van der Waals surface area (Å²) in [5.74, 6) is -0.659. The maximum atomic E-state index is 12.0. The highest BCUT2D eigenvalue weighted by atomic mass is 16.5. The van der Waals surface area contributed by atoms with E-state index < -0.39 is 5.97 Å². The van der Waals surface area contributed by atoms with E-state index >= 15 is 0 Å². The molecule has 2 aliphatic rings. The molecule has 0 aromatic rings. The first-order valence-electron chi connectivity index (χ1n) is 6.92. The van der Waals surface area contributed by atoms with Crippen LogP contribution in [-0.4, -0.2) is 24.0 Å². The van der Waals surface area contributed by atoms with Crippen molar-refractivity contribution in [2.75, 3.05) is 6.61 Å². The molecule has 0 unspecified atom stereocenters. The van der Waals surface area contributed by atoms with Crippen LogP contribution in [0.5, 0.6) is 5.75 Å². The number of hydrogen-bond acceptors (Lipinski definition) is 4. The quantitative estimate of drug-likeness (QED) is 0.689. The van der Waals surface area contributed by atoms with Crippen LogP contribution in [0.1, 0.15) is 53.0 Å². The lowest BCUT2D eigenvalue weighted by atomic mass is 10.0. The Morgan fingerprint density at radius 1 is 1.33 bits per heavy atom. The fourth-order valence-corrected chi connectivity index (χ4v) is 2.36. The fraction of sp³-hybridized carbons (Fsp3) is 0.294. The minimum atomic E-state index is -0.620. The van der Waals surface area contributed by atoms with Gasteiger partial charge in [-0.25, -0.2) is 4.79 Å². The number of carbonyl (C=O) groups excluding carboxylic acids is 2. The summed E-state index contributed by atoms with van der Waals surface area (Å²) >= 11 is 0. The Morgan fingerprint density at radius 3 is 2.62 bits per heavy atom. The lowest BCUT2D eigenvalue weighted by Crippen LogP contribution is -2.04. The molecule has 4 nitrogen and oxygen atoms in total. The molecule has 0 fully saturated rings. The van der Waals surface area contributed by atoms with Crippen molar-refractivity contribution < 1.29 is 19.4 Å². The Labute approximate surface area is 123 Å². The molecule has 0 heterocycles. The maximum absolute atomic E-state index is 12.0. The number of fused-ring (bicyclic) bond motifs is 1. The molecule has 1 N–H and O–H groups in total. The summed E-state index contributed by atoms with van der Waals surface area (Å²) in [5, 5.41) is 10.2. The normalized spacial score (nSPS) is 10.9. The lowest BCUT2D eigenvalue weighted by molar-refractivity contribution is 0.0524. The van der Waals surface area contributed by atoms with Gasteiger partial charge in [0.05, 0.1) is 12.2 Å². The third-order valence-corrected chi connectivity index (χ3v) is 3.47. The number of esters is 1. The number of hydrogen-bond donors (Lipinski definition) is 1. The van der Waals surface area contributed by atoms with Crippen molar-refractivity contribution in [3.63, 3.8) is 0 Å². The Bertz CT molecular complexity index is 658. The lowest BCUT2D eigenvalue weighted by Gasteiger charge is -2.03.